The van der Waals surface area contributed by atoms with Crippen LogP contribution in [-0.2, 0) is 28.6 Å². The molecule has 0 spiro atoms. The smallest absolute Gasteiger partial charge is 0.333 e. The van der Waals surface area contributed by atoms with Crippen LogP contribution in [0.25, 0.3) is 0 Å². The lowest BCUT2D eigenvalue weighted by Gasteiger charge is -2.24. The Morgan fingerprint density at radius 2 is 0.958 bits per heavy atom. The molecule has 6 nitrogen and oxygen atoms in total. The van der Waals surface area contributed by atoms with Crippen LogP contribution in [-0.4, -0.2) is 39.2 Å². The highest BCUT2D eigenvalue weighted by atomic mass is 16.5. The van der Waals surface area contributed by atoms with E-state index in [9.17, 15) is 14.4 Å². The Hall–Kier alpha value is -2.37. The number of hydrogen-bond acceptors (Lipinski definition) is 6. The highest BCUT2D eigenvalue weighted by Crippen LogP contribution is 2.33. The van der Waals surface area contributed by atoms with Crippen LogP contribution in [0, 0.1) is 5.41 Å². The Labute approximate surface area is 143 Å². The van der Waals surface area contributed by atoms with Gasteiger partial charge >= 0.3 is 17.9 Å². The molecule has 0 N–H and O–H groups in total. The lowest BCUT2D eigenvalue weighted by molar-refractivity contribution is -0.136. The van der Waals surface area contributed by atoms with Crippen molar-refractivity contribution in [1.29, 1.82) is 0 Å². The maximum atomic E-state index is 11.7. The van der Waals surface area contributed by atoms with E-state index in [-0.39, 0.29) is 0 Å². The highest BCUT2D eigenvalue weighted by molar-refractivity contribution is 5.90. The summed E-state index contributed by atoms with van der Waals surface area (Å²) in [5, 5.41) is 0. The number of allylic oxidation sites excluding steroid dienone is 3. The van der Waals surface area contributed by atoms with Crippen LogP contribution in [0.4, 0.5) is 0 Å². The molecule has 0 aromatic heterocycles. The Bertz CT molecular complexity index is 501. The maximum Gasteiger partial charge on any atom is 0.333 e. The fourth-order valence-electron chi connectivity index (χ4n) is 2.30. The summed E-state index contributed by atoms with van der Waals surface area (Å²) in [6.07, 6.45) is 5.50. The Balaban J connectivity index is 6.29. The molecule has 0 saturated carbocycles. The third-order valence-electron chi connectivity index (χ3n) is 3.59. The van der Waals surface area contributed by atoms with Gasteiger partial charge in [0.25, 0.3) is 0 Å². The second kappa shape index (κ2) is 9.70. The molecule has 0 unspecified atom stereocenters. The summed E-state index contributed by atoms with van der Waals surface area (Å²) >= 11 is 0. The van der Waals surface area contributed by atoms with Crippen LogP contribution >= 0.6 is 0 Å². The van der Waals surface area contributed by atoms with E-state index in [0.717, 1.165) is 0 Å². The van der Waals surface area contributed by atoms with Gasteiger partial charge in [-0.15, -0.1) is 0 Å². The van der Waals surface area contributed by atoms with Crippen LogP contribution in [0.5, 0.6) is 0 Å². The summed E-state index contributed by atoms with van der Waals surface area (Å²) in [5.74, 6) is -1.46. The van der Waals surface area contributed by atoms with Gasteiger partial charge in [-0.2, -0.15) is 0 Å². The van der Waals surface area contributed by atoms with E-state index in [0.29, 0.717) is 23.1 Å². The van der Waals surface area contributed by atoms with Gasteiger partial charge in [0.2, 0.25) is 0 Å². The molecule has 0 amide bonds. The van der Waals surface area contributed by atoms with E-state index >= 15 is 0 Å². The average Bonchev–Trinajstić information content (AvgIpc) is 2.58. The first kappa shape index (κ1) is 21.6. The van der Waals surface area contributed by atoms with Crippen molar-refractivity contribution < 1.29 is 28.6 Å². The van der Waals surface area contributed by atoms with Crippen LogP contribution in [0.1, 0.15) is 34.1 Å². The molecule has 0 heterocycles. The second-order valence-electron chi connectivity index (χ2n) is 5.42. The topological polar surface area (TPSA) is 78.9 Å². The minimum Gasteiger partial charge on any atom is -0.466 e. The summed E-state index contributed by atoms with van der Waals surface area (Å²) in [5.41, 5.74) is 0.251. The van der Waals surface area contributed by atoms with E-state index in [1.165, 1.54) is 21.3 Å². The minimum atomic E-state index is -0.838. The van der Waals surface area contributed by atoms with E-state index in [2.05, 4.69) is 0 Å². The largest absolute Gasteiger partial charge is 0.466 e. The van der Waals surface area contributed by atoms with E-state index in [1.807, 2.05) is 6.92 Å². The average molecular weight is 338 g/mol. The molecule has 0 fully saturated rings. The molecule has 0 aromatic rings. The number of hydrogen-bond donors (Lipinski definition) is 0. The highest BCUT2D eigenvalue weighted by Gasteiger charge is 2.25. The molecule has 0 radical (unpaired) electrons. The predicted octanol–water partition coefficient (Wildman–Crippen LogP) is 2.74. The third kappa shape index (κ3) is 6.02. The van der Waals surface area contributed by atoms with Crippen molar-refractivity contribution in [3.8, 4) is 0 Å². The SMILES string of the molecule is CCC(C=C(C)C(=O)OC)(C=C(C)C(=O)OC)C=C(C)C(=O)OC. The predicted molar refractivity (Wildman–Crippen MR) is 90.0 cm³/mol. The molecule has 0 aliphatic carbocycles. The lowest BCUT2D eigenvalue weighted by atomic mass is 9.80. The third-order valence-corrected chi connectivity index (χ3v) is 3.59. The molecule has 0 bridgehead atoms. The van der Waals surface area contributed by atoms with Gasteiger partial charge in [0.05, 0.1) is 21.3 Å². The van der Waals surface area contributed by atoms with E-state index in [1.54, 1.807) is 39.0 Å². The molecule has 0 aromatic carbocycles. The van der Waals surface area contributed by atoms with Crippen molar-refractivity contribution in [2.24, 2.45) is 5.41 Å². The Kier molecular flexibility index (Phi) is 8.74. The first-order valence-electron chi connectivity index (χ1n) is 7.49. The number of rotatable bonds is 7. The van der Waals surface area contributed by atoms with Crippen LogP contribution in [0.15, 0.2) is 34.9 Å². The molecular weight excluding hydrogens is 312 g/mol. The molecule has 0 aliphatic rings. The molecular formula is C18H26O6. The minimum absolute atomic E-state index is 0.363. The standard InChI is InChI=1S/C18H26O6/c1-8-18(9-12(2)15(19)22-5,10-13(3)16(20)23-6)11-14(4)17(21)24-7/h9-11H,8H2,1-7H3. The van der Waals surface area contributed by atoms with Crippen molar-refractivity contribution >= 4 is 17.9 Å². The molecule has 0 saturated heterocycles. The molecule has 134 valence electrons. The van der Waals surface area contributed by atoms with Gasteiger partial charge in [-0.05, 0) is 27.2 Å². The van der Waals surface area contributed by atoms with Gasteiger partial charge in [0.1, 0.15) is 0 Å². The number of ether oxygens (including phenoxy) is 3. The summed E-state index contributed by atoms with van der Waals surface area (Å²) in [7, 11) is 3.87. The monoisotopic (exact) mass is 338 g/mol. The summed E-state index contributed by atoms with van der Waals surface area (Å²) in [6, 6.07) is 0. The van der Waals surface area contributed by atoms with E-state index in [4.69, 9.17) is 14.2 Å². The van der Waals surface area contributed by atoms with Crippen molar-refractivity contribution in [3.63, 3.8) is 0 Å². The summed E-state index contributed by atoms with van der Waals surface area (Å²) in [6.45, 7) is 6.71. The first-order chi connectivity index (χ1) is 11.2. The number of esters is 3. The van der Waals surface area contributed by atoms with Gasteiger partial charge < -0.3 is 14.2 Å². The van der Waals surface area contributed by atoms with Crippen LogP contribution in [0.3, 0.4) is 0 Å². The van der Waals surface area contributed by atoms with Crippen molar-refractivity contribution in [2.45, 2.75) is 34.1 Å². The first-order valence-corrected chi connectivity index (χ1v) is 7.49. The van der Waals surface area contributed by atoms with E-state index < -0.39 is 23.3 Å². The molecule has 6 heteroatoms. The zero-order chi connectivity index (χ0) is 18.9. The molecule has 0 rings (SSSR count). The molecule has 0 aliphatic heterocycles. The fraction of sp³-hybridized carbons (Fsp3) is 0.500. The zero-order valence-electron chi connectivity index (χ0n) is 15.4. The molecule has 0 atom stereocenters. The van der Waals surface area contributed by atoms with Crippen LogP contribution < -0.4 is 0 Å². The Morgan fingerprint density at radius 3 is 1.12 bits per heavy atom. The maximum absolute atomic E-state index is 11.7. The van der Waals surface area contributed by atoms with Crippen molar-refractivity contribution in [2.75, 3.05) is 21.3 Å². The summed E-state index contributed by atoms with van der Waals surface area (Å²) in [4.78, 5) is 35.2. The fourth-order valence-corrected chi connectivity index (χ4v) is 2.30. The number of carbonyl (C=O) groups is 3. The molecule has 24 heavy (non-hydrogen) atoms. The van der Waals surface area contributed by atoms with Gasteiger partial charge in [-0.3, -0.25) is 0 Å². The van der Waals surface area contributed by atoms with Crippen LogP contribution in [0.2, 0.25) is 0 Å². The lowest BCUT2D eigenvalue weighted by Crippen LogP contribution is -2.18. The van der Waals surface area contributed by atoms with Gasteiger partial charge in [-0.1, -0.05) is 25.2 Å². The quantitative estimate of drug-likeness (QED) is 0.403. The number of carbonyl (C=O) groups excluding carboxylic acids is 3. The normalized spacial score (nSPS) is 15.4. The van der Waals surface area contributed by atoms with Gasteiger partial charge in [-0.25, -0.2) is 14.4 Å². The second-order valence-corrected chi connectivity index (χ2v) is 5.42. The van der Waals surface area contributed by atoms with Crippen molar-refractivity contribution in [1.82, 2.24) is 0 Å². The van der Waals surface area contributed by atoms with Gasteiger partial charge in [0.15, 0.2) is 0 Å². The Morgan fingerprint density at radius 1 is 0.708 bits per heavy atom. The zero-order valence-corrected chi connectivity index (χ0v) is 15.4. The number of methoxy groups -OCH3 is 3. The van der Waals surface area contributed by atoms with Crippen molar-refractivity contribution in [3.05, 3.63) is 34.9 Å². The summed E-state index contributed by atoms with van der Waals surface area (Å²) < 4.78 is 14.2. The van der Waals surface area contributed by atoms with Gasteiger partial charge in [0, 0.05) is 22.1 Å².